The van der Waals surface area contributed by atoms with E-state index >= 15 is 0 Å². The molecule has 21 nitrogen and oxygen atoms in total. The van der Waals surface area contributed by atoms with Crippen molar-refractivity contribution in [3.8, 4) is 0 Å². The van der Waals surface area contributed by atoms with Crippen LogP contribution >= 0.6 is 0 Å². The fourth-order valence-electron chi connectivity index (χ4n) is 14.9. The molecule has 5 aliphatic carbocycles. The zero-order chi connectivity index (χ0) is 49.9. The average molecular weight is 987 g/mol. The summed E-state index contributed by atoms with van der Waals surface area (Å²) in [6.07, 6.45) is -18.1. The lowest BCUT2D eigenvalue weighted by atomic mass is 9.46. The molecule has 392 valence electrons. The molecule has 2 bridgehead atoms. The van der Waals surface area contributed by atoms with Crippen LogP contribution in [-0.2, 0) is 47.5 Å². The largest absolute Gasteiger partial charge is 0.462 e. The molecule has 4 aliphatic heterocycles. The third kappa shape index (κ3) is 8.53. The molecule has 0 amide bonds. The normalized spacial score (nSPS) is 55.0. The van der Waals surface area contributed by atoms with Crippen LogP contribution < -0.4 is 0 Å². The summed E-state index contributed by atoms with van der Waals surface area (Å²) >= 11 is 0. The van der Waals surface area contributed by atoms with Crippen LogP contribution in [0.5, 0.6) is 0 Å². The van der Waals surface area contributed by atoms with Gasteiger partial charge >= 0.3 is 11.9 Å². The van der Waals surface area contributed by atoms with Gasteiger partial charge < -0.3 is 94.1 Å². The lowest BCUT2D eigenvalue weighted by molar-refractivity contribution is -0.377. The molecular formula is C48H74O21. The molecule has 8 fully saturated rings. The third-order valence-corrected chi connectivity index (χ3v) is 19.1. The van der Waals surface area contributed by atoms with Gasteiger partial charge in [-0.2, -0.15) is 0 Å². The van der Waals surface area contributed by atoms with E-state index in [2.05, 4.69) is 19.9 Å². The standard InChI is InChI=1S/C48H74O21/c1-19(51)63-31-13-21(12-20-6-7-22-24-8-9-25(46(24,3)11-10-26(22)47(20,31)4)23-14-45(2)15-27(23)68-44(60)48(45,5)61)64-43-40(37(57)33(53)29(17-50)66-43)69-42-39(59)36(56)34(54)30(67-42)18-62-41-38(58)35(55)32(52)28(16-49)65-41/h6,21-43,49-50,52-59,61H,7-18H2,1-5H3. The quantitative estimate of drug-likeness (QED) is 0.0790. The van der Waals surface area contributed by atoms with Gasteiger partial charge in [-0.25, -0.2) is 4.79 Å². The van der Waals surface area contributed by atoms with Crippen LogP contribution in [0.3, 0.4) is 0 Å². The predicted molar refractivity (Wildman–Crippen MR) is 231 cm³/mol. The van der Waals surface area contributed by atoms with Crippen LogP contribution in [0.1, 0.15) is 92.4 Å². The maximum absolute atomic E-state index is 13.0. The summed E-state index contributed by atoms with van der Waals surface area (Å²) in [6, 6.07) is 0. The van der Waals surface area contributed by atoms with Crippen LogP contribution in [0, 0.1) is 45.8 Å². The van der Waals surface area contributed by atoms with Crippen molar-refractivity contribution in [2.75, 3.05) is 19.8 Å². The second kappa shape index (κ2) is 19.0. The van der Waals surface area contributed by atoms with Crippen molar-refractivity contribution in [1.29, 1.82) is 0 Å². The van der Waals surface area contributed by atoms with Gasteiger partial charge in [0.15, 0.2) is 24.5 Å². The van der Waals surface area contributed by atoms with Crippen molar-refractivity contribution >= 4 is 11.9 Å². The number of esters is 2. The Bertz CT molecular complexity index is 1920. The number of hydrogen-bond donors (Lipinski definition) is 11. The highest BCUT2D eigenvalue weighted by Crippen LogP contribution is 2.70. The zero-order valence-corrected chi connectivity index (χ0v) is 39.8. The van der Waals surface area contributed by atoms with Gasteiger partial charge in [0, 0.05) is 24.2 Å². The molecule has 27 atom stereocenters. The minimum atomic E-state index is -1.95. The number of aliphatic hydroxyl groups is 11. The Kier molecular flexibility index (Phi) is 14.3. The van der Waals surface area contributed by atoms with Gasteiger partial charge in [-0.3, -0.25) is 4.79 Å². The second-order valence-electron chi connectivity index (χ2n) is 22.7. The first-order chi connectivity index (χ1) is 32.5. The average Bonchev–Trinajstić information content (AvgIpc) is 3.82. The summed E-state index contributed by atoms with van der Waals surface area (Å²) in [7, 11) is 0. The Balaban J connectivity index is 0.916. The molecule has 4 saturated heterocycles. The summed E-state index contributed by atoms with van der Waals surface area (Å²) in [5, 5.41) is 117. The van der Waals surface area contributed by atoms with E-state index in [1.165, 1.54) is 6.92 Å². The Hall–Kier alpha value is -2.00. The van der Waals surface area contributed by atoms with Crippen LogP contribution in [-0.4, -0.2) is 204 Å². The number of carbonyl (C=O) groups excluding carboxylic acids is 2. The molecule has 0 radical (unpaired) electrons. The lowest BCUT2D eigenvalue weighted by Crippen LogP contribution is -2.65. The van der Waals surface area contributed by atoms with Gasteiger partial charge in [0.05, 0.1) is 25.9 Å². The summed E-state index contributed by atoms with van der Waals surface area (Å²) in [5.41, 5.74) is -1.66. The number of allylic oxidation sites excluding steroid dienone is 1. The van der Waals surface area contributed by atoms with E-state index in [-0.39, 0.29) is 35.7 Å². The molecule has 0 aromatic carbocycles. The fourth-order valence-corrected chi connectivity index (χ4v) is 14.9. The molecule has 27 unspecified atom stereocenters. The molecule has 0 aromatic heterocycles. The highest BCUT2D eigenvalue weighted by Gasteiger charge is 2.68. The monoisotopic (exact) mass is 986 g/mol. The van der Waals surface area contributed by atoms with E-state index in [1.807, 2.05) is 6.92 Å². The highest BCUT2D eigenvalue weighted by atomic mass is 16.8. The van der Waals surface area contributed by atoms with Crippen LogP contribution in [0.15, 0.2) is 11.6 Å². The molecule has 69 heavy (non-hydrogen) atoms. The summed E-state index contributed by atoms with van der Waals surface area (Å²) in [6.45, 7) is 7.42. The van der Waals surface area contributed by atoms with Crippen LogP contribution in [0.4, 0.5) is 0 Å². The maximum atomic E-state index is 13.0. The van der Waals surface area contributed by atoms with E-state index < -0.39 is 153 Å². The number of rotatable bonds is 11. The molecule has 9 aliphatic rings. The second-order valence-corrected chi connectivity index (χ2v) is 22.7. The minimum absolute atomic E-state index is 0.0278. The van der Waals surface area contributed by atoms with Crippen molar-refractivity contribution in [2.45, 2.75) is 208 Å². The van der Waals surface area contributed by atoms with Gasteiger partial charge in [-0.15, -0.1) is 0 Å². The Morgan fingerprint density at radius 3 is 1.96 bits per heavy atom. The maximum Gasteiger partial charge on any atom is 0.338 e. The highest BCUT2D eigenvalue weighted by molar-refractivity contribution is 5.81. The Labute approximate surface area is 400 Å². The SMILES string of the molecule is CC(=O)OC1CC(OC2OC(CO)C(O)C(O)C2OC2OC(COC3OC(CO)C(O)C(O)C3O)C(O)C(O)C2O)CC2=CCC3C4CCC(C5CC6(C)CC5OC(=O)C6(C)O)C4(C)CCC3C21C. The van der Waals surface area contributed by atoms with E-state index in [9.17, 15) is 65.8 Å². The van der Waals surface area contributed by atoms with E-state index in [0.717, 1.165) is 44.1 Å². The molecule has 4 saturated carbocycles. The topological polar surface area (TPSA) is 331 Å². The molecule has 0 aromatic rings. The van der Waals surface area contributed by atoms with Crippen LogP contribution in [0.25, 0.3) is 0 Å². The zero-order valence-electron chi connectivity index (χ0n) is 39.8. The molecule has 4 heterocycles. The number of hydrogen-bond acceptors (Lipinski definition) is 21. The molecule has 21 heteroatoms. The Morgan fingerprint density at radius 2 is 1.30 bits per heavy atom. The molecule has 11 N–H and O–H groups in total. The first-order valence-corrected chi connectivity index (χ1v) is 24.8. The van der Waals surface area contributed by atoms with E-state index in [4.69, 9.17) is 37.9 Å². The molecular weight excluding hydrogens is 913 g/mol. The molecule has 9 rings (SSSR count). The molecule has 0 spiro atoms. The van der Waals surface area contributed by atoms with Crippen molar-refractivity contribution in [3.63, 3.8) is 0 Å². The number of fused-ring (bicyclic) bond motifs is 7. The number of carbonyl (C=O) groups is 2. The van der Waals surface area contributed by atoms with Gasteiger partial charge in [0.1, 0.15) is 85.5 Å². The number of aliphatic hydroxyl groups excluding tert-OH is 10. The van der Waals surface area contributed by atoms with Crippen LogP contribution in [0.2, 0.25) is 0 Å². The van der Waals surface area contributed by atoms with Crippen molar-refractivity contribution in [1.82, 2.24) is 0 Å². The van der Waals surface area contributed by atoms with E-state index in [0.29, 0.717) is 24.7 Å². The summed E-state index contributed by atoms with van der Waals surface area (Å²) in [5.74, 6) is 0.253. The summed E-state index contributed by atoms with van der Waals surface area (Å²) < 4.78 is 47.6. The predicted octanol–water partition coefficient (Wildman–Crippen LogP) is -1.97. The van der Waals surface area contributed by atoms with Gasteiger partial charge in [-0.05, 0) is 93.3 Å². The number of ether oxygens (including phenoxy) is 8. The smallest absolute Gasteiger partial charge is 0.338 e. The minimum Gasteiger partial charge on any atom is -0.462 e. The first-order valence-electron chi connectivity index (χ1n) is 24.8. The van der Waals surface area contributed by atoms with Gasteiger partial charge in [0.25, 0.3) is 0 Å². The van der Waals surface area contributed by atoms with Crippen molar-refractivity contribution in [2.24, 2.45) is 45.8 Å². The van der Waals surface area contributed by atoms with Gasteiger partial charge in [-0.1, -0.05) is 32.4 Å². The summed E-state index contributed by atoms with van der Waals surface area (Å²) in [4.78, 5) is 25.9. The van der Waals surface area contributed by atoms with Crippen molar-refractivity contribution < 1.29 is 104 Å². The third-order valence-electron chi connectivity index (χ3n) is 19.1. The van der Waals surface area contributed by atoms with Gasteiger partial charge in [0.2, 0.25) is 0 Å². The lowest BCUT2D eigenvalue weighted by Gasteiger charge is -2.60. The van der Waals surface area contributed by atoms with Crippen molar-refractivity contribution in [3.05, 3.63) is 11.6 Å². The fraction of sp³-hybridized carbons (Fsp3) is 0.917. The first kappa shape index (κ1) is 51.9. The van der Waals surface area contributed by atoms with E-state index in [1.54, 1.807) is 6.92 Å². The Morgan fingerprint density at radius 1 is 0.710 bits per heavy atom.